The fourth-order valence-electron chi connectivity index (χ4n) is 3.09. The summed E-state index contributed by atoms with van der Waals surface area (Å²) in [6.07, 6.45) is 0. The zero-order valence-corrected chi connectivity index (χ0v) is 13.1. The third-order valence-corrected chi connectivity index (χ3v) is 4.58. The zero-order valence-electron chi connectivity index (χ0n) is 12.3. The van der Waals surface area contributed by atoms with Gasteiger partial charge in [0.05, 0.1) is 0 Å². The van der Waals surface area contributed by atoms with E-state index in [-0.39, 0.29) is 0 Å². The summed E-state index contributed by atoms with van der Waals surface area (Å²) >= 11 is 5.94. The van der Waals surface area contributed by atoms with E-state index in [2.05, 4.69) is 42.5 Å². The highest BCUT2D eigenvalue weighted by Gasteiger charge is 2.22. The van der Waals surface area contributed by atoms with Crippen molar-refractivity contribution >= 4 is 11.6 Å². The van der Waals surface area contributed by atoms with E-state index in [1.807, 2.05) is 12.1 Å². The van der Waals surface area contributed by atoms with Gasteiger partial charge in [-0.15, -0.1) is 0 Å². The molecule has 2 N–H and O–H groups in total. The molecule has 2 aromatic carbocycles. The number of hydrogen-bond acceptors (Lipinski definition) is 0. The second kappa shape index (κ2) is 7.08. The summed E-state index contributed by atoms with van der Waals surface area (Å²) < 4.78 is 0. The van der Waals surface area contributed by atoms with Crippen LogP contribution in [0.4, 0.5) is 0 Å². The SMILES string of the molecule is Clc1ccc(C[NH+]2CC[NH+](Cc3ccccc3)CC2)cc1. The first-order valence-corrected chi connectivity index (χ1v) is 8.13. The molecule has 0 unspecified atom stereocenters. The molecular formula is C18H23ClN2+2. The van der Waals surface area contributed by atoms with Gasteiger partial charge < -0.3 is 9.80 Å². The van der Waals surface area contributed by atoms with Crippen LogP contribution in [-0.2, 0) is 13.1 Å². The smallest absolute Gasteiger partial charge is 0.127 e. The van der Waals surface area contributed by atoms with Crippen LogP contribution in [-0.4, -0.2) is 26.2 Å². The van der Waals surface area contributed by atoms with Crippen LogP contribution in [0.1, 0.15) is 11.1 Å². The number of halogens is 1. The molecule has 0 aliphatic carbocycles. The molecule has 3 heteroatoms. The van der Waals surface area contributed by atoms with Crippen molar-refractivity contribution in [1.82, 2.24) is 0 Å². The van der Waals surface area contributed by atoms with E-state index >= 15 is 0 Å². The molecule has 0 aromatic heterocycles. The van der Waals surface area contributed by atoms with E-state index in [9.17, 15) is 0 Å². The highest BCUT2D eigenvalue weighted by Crippen LogP contribution is 2.08. The predicted octanol–water partition coefficient (Wildman–Crippen LogP) is 0.824. The van der Waals surface area contributed by atoms with Crippen LogP contribution in [0.3, 0.4) is 0 Å². The Bertz CT molecular complexity index is 545. The standard InChI is InChI=1S/C18H21ClN2/c19-18-8-6-17(7-9-18)15-21-12-10-20(11-13-21)14-16-4-2-1-3-5-16/h1-9H,10-15H2/p+2. The summed E-state index contributed by atoms with van der Waals surface area (Å²) in [4.78, 5) is 3.40. The van der Waals surface area contributed by atoms with E-state index in [4.69, 9.17) is 11.6 Å². The minimum atomic E-state index is 0.825. The van der Waals surface area contributed by atoms with E-state index in [0.29, 0.717) is 0 Å². The van der Waals surface area contributed by atoms with Crippen molar-refractivity contribution < 1.29 is 9.80 Å². The number of piperazine rings is 1. The third kappa shape index (κ3) is 4.31. The zero-order chi connectivity index (χ0) is 14.5. The van der Waals surface area contributed by atoms with E-state index in [0.717, 1.165) is 18.1 Å². The fourth-order valence-corrected chi connectivity index (χ4v) is 3.21. The van der Waals surface area contributed by atoms with Gasteiger partial charge in [0.1, 0.15) is 39.3 Å². The van der Waals surface area contributed by atoms with Gasteiger partial charge >= 0.3 is 0 Å². The lowest BCUT2D eigenvalue weighted by Crippen LogP contribution is -3.27. The van der Waals surface area contributed by atoms with Crippen LogP contribution in [0, 0.1) is 0 Å². The van der Waals surface area contributed by atoms with Crippen LogP contribution in [0.15, 0.2) is 54.6 Å². The summed E-state index contributed by atoms with van der Waals surface area (Å²) in [5.74, 6) is 0. The number of benzene rings is 2. The molecule has 21 heavy (non-hydrogen) atoms. The van der Waals surface area contributed by atoms with Crippen LogP contribution < -0.4 is 9.80 Å². The Kier molecular flexibility index (Phi) is 4.91. The van der Waals surface area contributed by atoms with Gasteiger partial charge in [-0.2, -0.15) is 0 Å². The van der Waals surface area contributed by atoms with Gasteiger partial charge in [-0.25, -0.2) is 0 Å². The average molecular weight is 303 g/mol. The average Bonchev–Trinajstić information content (AvgIpc) is 2.53. The Balaban J connectivity index is 1.47. The van der Waals surface area contributed by atoms with E-state index in [1.165, 1.54) is 37.3 Å². The molecule has 1 saturated heterocycles. The Morgan fingerprint density at radius 1 is 0.667 bits per heavy atom. The molecule has 2 aromatic rings. The quantitative estimate of drug-likeness (QED) is 0.828. The molecule has 3 rings (SSSR count). The summed E-state index contributed by atoms with van der Waals surface area (Å²) in [7, 11) is 0. The second-order valence-electron chi connectivity index (χ2n) is 5.97. The number of rotatable bonds is 4. The topological polar surface area (TPSA) is 8.88 Å². The van der Waals surface area contributed by atoms with E-state index < -0.39 is 0 Å². The predicted molar refractivity (Wildman–Crippen MR) is 86.7 cm³/mol. The minimum absolute atomic E-state index is 0.825. The molecule has 1 aliphatic heterocycles. The first-order valence-electron chi connectivity index (χ1n) is 7.75. The van der Waals surface area contributed by atoms with Gasteiger partial charge in [0.25, 0.3) is 0 Å². The molecule has 0 amide bonds. The van der Waals surface area contributed by atoms with Gasteiger partial charge in [-0.05, 0) is 12.1 Å². The highest BCUT2D eigenvalue weighted by atomic mass is 35.5. The molecule has 1 fully saturated rings. The van der Waals surface area contributed by atoms with Crippen LogP contribution in [0.5, 0.6) is 0 Å². The first-order chi connectivity index (χ1) is 10.3. The van der Waals surface area contributed by atoms with Crippen LogP contribution in [0.2, 0.25) is 5.02 Å². The maximum absolute atomic E-state index is 5.94. The maximum atomic E-state index is 5.94. The molecule has 0 saturated carbocycles. The number of nitrogens with one attached hydrogen (secondary N) is 2. The van der Waals surface area contributed by atoms with Crippen LogP contribution >= 0.6 is 11.6 Å². The Hall–Kier alpha value is -1.35. The van der Waals surface area contributed by atoms with Gasteiger partial charge in [0.15, 0.2) is 0 Å². The van der Waals surface area contributed by atoms with Gasteiger partial charge in [0, 0.05) is 16.1 Å². The highest BCUT2D eigenvalue weighted by molar-refractivity contribution is 6.30. The van der Waals surface area contributed by atoms with Crippen molar-refractivity contribution in [3.8, 4) is 0 Å². The summed E-state index contributed by atoms with van der Waals surface area (Å²) in [6, 6.07) is 19.1. The van der Waals surface area contributed by atoms with Crippen LogP contribution in [0.25, 0.3) is 0 Å². The largest absolute Gasteiger partial charge is 0.322 e. The Labute approximate surface area is 131 Å². The van der Waals surface area contributed by atoms with E-state index in [1.54, 1.807) is 9.80 Å². The van der Waals surface area contributed by atoms with Crippen molar-refractivity contribution in [3.63, 3.8) is 0 Å². The summed E-state index contributed by atoms with van der Waals surface area (Å²) in [5.41, 5.74) is 2.84. The second-order valence-corrected chi connectivity index (χ2v) is 6.40. The molecule has 110 valence electrons. The molecule has 0 radical (unpaired) electrons. The maximum Gasteiger partial charge on any atom is 0.127 e. The molecular weight excluding hydrogens is 280 g/mol. The lowest BCUT2D eigenvalue weighted by atomic mass is 10.1. The molecule has 2 nitrogen and oxygen atoms in total. The molecule has 1 aliphatic rings. The Morgan fingerprint density at radius 3 is 1.67 bits per heavy atom. The van der Waals surface area contributed by atoms with Crippen molar-refractivity contribution in [3.05, 3.63) is 70.7 Å². The van der Waals surface area contributed by atoms with Crippen molar-refractivity contribution in [2.24, 2.45) is 0 Å². The minimum Gasteiger partial charge on any atom is -0.322 e. The third-order valence-electron chi connectivity index (χ3n) is 4.33. The summed E-state index contributed by atoms with van der Waals surface area (Å²) in [6.45, 7) is 7.32. The number of quaternary nitrogens is 2. The van der Waals surface area contributed by atoms with Crippen molar-refractivity contribution in [1.29, 1.82) is 0 Å². The normalized spacial score (nSPS) is 22.1. The Morgan fingerprint density at radius 2 is 1.14 bits per heavy atom. The van der Waals surface area contributed by atoms with Crippen molar-refractivity contribution in [2.45, 2.75) is 13.1 Å². The lowest BCUT2D eigenvalue weighted by molar-refractivity contribution is -1.02. The van der Waals surface area contributed by atoms with Gasteiger partial charge in [-0.3, -0.25) is 0 Å². The van der Waals surface area contributed by atoms with Gasteiger partial charge in [-0.1, -0.05) is 54.1 Å². The summed E-state index contributed by atoms with van der Waals surface area (Å²) in [5, 5.41) is 0.825. The number of hydrogen-bond donors (Lipinski definition) is 2. The molecule has 0 atom stereocenters. The first kappa shape index (κ1) is 14.6. The molecule has 0 spiro atoms. The van der Waals surface area contributed by atoms with Gasteiger partial charge in [0.2, 0.25) is 0 Å². The fraction of sp³-hybridized carbons (Fsp3) is 0.333. The van der Waals surface area contributed by atoms with Crippen molar-refractivity contribution in [2.75, 3.05) is 26.2 Å². The molecule has 0 bridgehead atoms. The monoisotopic (exact) mass is 302 g/mol. The lowest BCUT2D eigenvalue weighted by Gasteiger charge is -2.29. The molecule has 1 heterocycles.